The lowest BCUT2D eigenvalue weighted by Crippen LogP contribution is -2.12. The van der Waals surface area contributed by atoms with Crippen LogP contribution in [0.1, 0.15) is 11.6 Å². The van der Waals surface area contributed by atoms with Gasteiger partial charge in [0.15, 0.2) is 0 Å². The van der Waals surface area contributed by atoms with Crippen LogP contribution in [-0.4, -0.2) is 6.61 Å². The van der Waals surface area contributed by atoms with Gasteiger partial charge in [-0.1, -0.05) is 40.2 Å². The summed E-state index contributed by atoms with van der Waals surface area (Å²) in [5.74, 6) is -0.0125. The number of nitrogens with zero attached hydrogens (tertiary/aromatic N) is 1. The minimum atomic E-state index is -2.93. The molecule has 0 aromatic heterocycles. The molecule has 1 unspecified atom stereocenters. The van der Waals surface area contributed by atoms with Crippen molar-refractivity contribution < 1.29 is 13.5 Å². The van der Waals surface area contributed by atoms with Crippen LogP contribution >= 0.6 is 15.9 Å². The van der Waals surface area contributed by atoms with Crippen molar-refractivity contribution >= 4 is 21.6 Å². The average molecular weight is 353 g/mol. The van der Waals surface area contributed by atoms with Crippen LogP contribution in [0.3, 0.4) is 0 Å². The van der Waals surface area contributed by atoms with Gasteiger partial charge in [-0.05, 0) is 24.3 Å². The molecule has 1 N–H and O–H groups in total. The van der Waals surface area contributed by atoms with Gasteiger partial charge in [-0.3, -0.25) is 0 Å². The van der Waals surface area contributed by atoms with Crippen LogP contribution in [0.5, 0.6) is 5.75 Å². The van der Waals surface area contributed by atoms with E-state index in [1.807, 2.05) is 18.2 Å². The highest BCUT2D eigenvalue weighted by Crippen LogP contribution is 2.29. The third-order valence-corrected chi connectivity index (χ3v) is 3.20. The number of hydrogen-bond donors (Lipinski definition) is 1. The summed E-state index contributed by atoms with van der Waals surface area (Å²) in [6.45, 7) is -2.93. The first kappa shape index (κ1) is 15.3. The molecule has 0 fully saturated rings. The van der Waals surface area contributed by atoms with Gasteiger partial charge in [0.05, 0.1) is 6.07 Å². The van der Waals surface area contributed by atoms with Crippen LogP contribution < -0.4 is 10.1 Å². The number of anilines is 1. The zero-order valence-electron chi connectivity index (χ0n) is 10.8. The van der Waals surface area contributed by atoms with E-state index >= 15 is 0 Å². The van der Waals surface area contributed by atoms with Crippen molar-refractivity contribution in [3.8, 4) is 11.8 Å². The van der Waals surface area contributed by atoms with E-state index in [9.17, 15) is 14.0 Å². The molecule has 108 valence electrons. The summed E-state index contributed by atoms with van der Waals surface area (Å²) in [7, 11) is 0. The molecule has 0 aliphatic rings. The summed E-state index contributed by atoms with van der Waals surface area (Å²) in [6.07, 6.45) is 0. The standard InChI is InChI=1S/C15H11BrF2N2O/c16-10-4-3-5-11(8-10)20-13(9-19)12-6-1-2-7-14(12)21-15(17)18/h1-8,13,15,20H. The zero-order valence-corrected chi connectivity index (χ0v) is 12.3. The summed E-state index contributed by atoms with van der Waals surface area (Å²) >= 11 is 3.33. The van der Waals surface area contributed by atoms with Crippen molar-refractivity contribution in [3.05, 3.63) is 58.6 Å². The van der Waals surface area contributed by atoms with E-state index in [1.165, 1.54) is 6.07 Å². The van der Waals surface area contributed by atoms with E-state index in [2.05, 4.69) is 26.0 Å². The van der Waals surface area contributed by atoms with E-state index in [4.69, 9.17) is 0 Å². The molecule has 2 aromatic carbocycles. The number of benzene rings is 2. The fourth-order valence-corrected chi connectivity index (χ4v) is 2.25. The molecular formula is C15H11BrF2N2O. The number of hydrogen-bond acceptors (Lipinski definition) is 3. The Morgan fingerprint density at radius 1 is 1.14 bits per heavy atom. The van der Waals surface area contributed by atoms with Crippen molar-refractivity contribution in [1.29, 1.82) is 5.26 Å². The van der Waals surface area contributed by atoms with Crippen LogP contribution in [-0.2, 0) is 0 Å². The lowest BCUT2D eigenvalue weighted by molar-refractivity contribution is -0.0504. The predicted molar refractivity (Wildman–Crippen MR) is 79.2 cm³/mol. The quantitative estimate of drug-likeness (QED) is 0.846. The Bertz CT molecular complexity index is 658. The van der Waals surface area contributed by atoms with Gasteiger partial charge in [-0.15, -0.1) is 0 Å². The number of ether oxygens (including phenoxy) is 1. The first-order chi connectivity index (χ1) is 10.1. The lowest BCUT2D eigenvalue weighted by Gasteiger charge is -2.17. The largest absolute Gasteiger partial charge is 0.434 e. The molecule has 0 saturated carbocycles. The van der Waals surface area contributed by atoms with Crippen molar-refractivity contribution in [2.45, 2.75) is 12.7 Å². The molecule has 3 nitrogen and oxygen atoms in total. The fraction of sp³-hybridized carbons (Fsp3) is 0.133. The molecule has 2 aromatic rings. The number of nitrogens with one attached hydrogen (secondary N) is 1. The van der Waals surface area contributed by atoms with Gasteiger partial charge >= 0.3 is 6.61 Å². The molecule has 0 saturated heterocycles. The van der Waals surface area contributed by atoms with Gasteiger partial charge in [0.1, 0.15) is 11.8 Å². The molecule has 0 spiro atoms. The van der Waals surface area contributed by atoms with Gasteiger partial charge in [0, 0.05) is 15.7 Å². The Kier molecular flexibility index (Phi) is 5.12. The normalized spacial score (nSPS) is 11.8. The highest BCUT2D eigenvalue weighted by atomic mass is 79.9. The van der Waals surface area contributed by atoms with Crippen LogP contribution in [0, 0.1) is 11.3 Å². The van der Waals surface area contributed by atoms with Gasteiger partial charge in [0.2, 0.25) is 0 Å². The first-order valence-electron chi connectivity index (χ1n) is 6.05. The third kappa shape index (κ3) is 4.17. The Hall–Kier alpha value is -2.13. The van der Waals surface area contributed by atoms with Crippen LogP contribution in [0.25, 0.3) is 0 Å². The number of para-hydroxylation sites is 1. The number of nitriles is 1. The second-order valence-corrected chi connectivity index (χ2v) is 5.05. The molecule has 6 heteroatoms. The maximum absolute atomic E-state index is 12.4. The summed E-state index contributed by atoms with van der Waals surface area (Å²) in [4.78, 5) is 0. The zero-order chi connectivity index (χ0) is 15.2. The average Bonchev–Trinajstić information content (AvgIpc) is 2.45. The first-order valence-corrected chi connectivity index (χ1v) is 6.85. The Morgan fingerprint density at radius 3 is 2.57 bits per heavy atom. The number of alkyl halides is 2. The summed E-state index contributed by atoms with van der Waals surface area (Å²) in [5.41, 5.74) is 1.06. The lowest BCUT2D eigenvalue weighted by atomic mass is 10.1. The summed E-state index contributed by atoms with van der Waals surface area (Å²) in [6, 6.07) is 14.7. The van der Waals surface area contributed by atoms with Crippen molar-refractivity contribution in [3.63, 3.8) is 0 Å². The van der Waals surface area contributed by atoms with E-state index < -0.39 is 12.7 Å². The van der Waals surface area contributed by atoms with Gasteiger partial charge < -0.3 is 10.1 Å². The molecular weight excluding hydrogens is 342 g/mol. The van der Waals surface area contributed by atoms with Crippen molar-refractivity contribution in [2.24, 2.45) is 0 Å². The molecule has 0 aliphatic carbocycles. The molecule has 0 bridgehead atoms. The predicted octanol–water partition coefficient (Wildman–Crippen LogP) is 4.73. The highest BCUT2D eigenvalue weighted by molar-refractivity contribution is 9.10. The molecule has 0 heterocycles. The maximum atomic E-state index is 12.4. The summed E-state index contributed by atoms with van der Waals surface area (Å²) < 4.78 is 30.1. The SMILES string of the molecule is N#CC(Nc1cccc(Br)c1)c1ccccc1OC(F)F. The van der Waals surface area contributed by atoms with E-state index in [-0.39, 0.29) is 5.75 Å². The topological polar surface area (TPSA) is 45.0 Å². The smallest absolute Gasteiger partial charge is 0.387 e. The molecule has 21 heavy (non-hydrogen) atoms. The van der Waals surface area contributed by atoms with E-state index in [0.29, 0.717) is 11.3 Å². The van der Waals surface area contributed by atoms with Gasteiger partial charge in [0.25, 0.3) is 0 Å². The van der Waals surface area contributed by atoms with Crippen LogP contribution in [0.15, 0.2) is 53.0 Å². The van der Waals surface area contributed by atoms with E-state index in [0.717, 1.165) is 4.47 Å². The second kappa shape index (κ2) is 7.04. The Labute approximate surface area is 129 Å². The van der Waals surface area contributed by atoms with Crippen molar-refractivity contribution in [2.75, 3.05) is 5.32 Å². The minimum absolute atomic E-state index is 0.0125. The molecule has 0 aliphatic heterocycles. The minimum Gasteiger partial charge on any atom is -0.434 e. The second-order valence-electron chi connectivity index (χ2n) is 4.13. The van der Waals surface area contributed by atoms with Gasteiger partial charge in [-0.2, -0.15) is 14.0 Å². The summed E-state index contributed by atoms with van der Waals surface area (Å²) in [5, 5.41) is 12.3. The monoisotopic (exact) mass is 352 g/mol. The van der Waals surface area contributed by atoms with Crippen LogP contribution in [0.4, 0.5) is 14.5 Å². The van der Waals surface area contributed by atoms with Gasteiger partial charge in [-0.25, -0.2) is 0 Å². The Balaban J connectivity index is 2.28. The van der Waals surface area contributed by atoms with Crippen molar-refractivity contribution in [1.82, 2.24) is 0 Å². The molecule has 0 radical (unpaired) electrons. The fourth-order valence-electron chi connectivity index (χ4n) is 1.85. The van der Waals surface area contributed by atoms with E-state index in [1.54, 1.807) is 30.3 Å². The molecule has 0 amide bonds. The number of rotatable bonds is 5. The highest BCUT2D eigenvalue weighted by Gasteiger charge is 2.17. The third-order valence-electron chi connectivity index (χ3n) is 2.71. The molecule has 1 atom stereocenters. The maximum Gasteiger partial charge on any atom is 0.387 e. The van der Waals surface area contributed by atoms with Crippen LogP contribution in [0.2, 0.25) is 0 Å². The Morgan fingerprint density at radius 2 is 1.90 bits per heavy atom. The number of halogens is 3. The molecule has 2 rings (SSSR count).